The zero-order valence-corrected chi connectivity index (χ0v) is 19.8. The van der Waals surface area contributed by atoms with Crippen molar-refractivity contribution in [1.82, 2.24) is 4.90 Å². The number of hydrogen-bond acceptors (Lipinski definition) is 3. The second-order valence-electron chi connectivity index (χ2n) is 9.37. The summed E-state index contributed by atoms with van der Waals surface area (Å²) in [5.41, 5.74) is 7.30. The van der Waals surface area contributed by atoms with E-state index in [1.165, 1.54) is 43.5 Å². The number of nitrogens with zero attached hydrogens (tertiary/aromatic N) is 1. The van der Waals surface area contributed by atoms with Gasteiger partial charge in [-0.1, -0.05) is 54.4 Å². The summed E-state index contributed by atoms with van der Waals surface area (Å²) in [6, 6.07) is 22.9. The average molecular weight is 453 g/mol. The molecule has 2 aliphatic heterocycles. The summed E-state index contributed by atoms with van der Waals surface area (Å²) >= 11 is 0. The highest BCUT2D eigenvalue weighted by atomic mass is 16.5. The molecule has 0 spiro atoms. The van der Waals surface area contributed by atoms with Gasteiger partial charge in [-0.25, -0.2) is 0 Å². The molecule has 0 aliphatic carbocycles. The van der Waals surface area contributed by atoms with Crippen LogP contribution in [0.15, 0.2) is 72.3 Å². The van der Waals surface area contributed by atoms with E-state index in [-0.39, 0.29) is 5.91 Å². The van der Waals surface area contributed by atoms with Crippen molar-refractivity contribution in [2.45, 2.75) is 39.2 Å². The van der Waals surface area contributed by atoms with Crippen LogP contribution in [-0.2, 0) is 11.3 Å². The van der Waals surface area contributed by atoms with Crippen LogP contribution in [-0.4, -0.2) is 30.5 Å². The number of aryl methyl sites for hydroxylation is 1. The molecule has 34 heavy (non-hydrogen) atoms. The number of hydrogen-bond donors (Lipinski definition) is 1. The third-order valence-corrected chi connectivity index (χ3v) is 6.71. The predicted octanol–water partition coefficient (Wildman–Crippen LogP) is 6.45. The summed E-state index contributed by atoms with van der Waals surface area (Å²) in [6.45, 7) is 5.93. The van der Waals surface area contributed by atoms with Crippen LogP contribution in [0.3, 0.4) is 0 Å². The van der Waals surface area contributed by atoms with E-state index in [1.807, 2.05) is 24.3 Å². The lowest BCUT2D eigenvalue weighted by Gasteiger charge is -2.26. The van der Waals surface area contributed by atoms with Gasteiger partial charge < -0.3 is 10.1 Å². The topological polar surface area (TPSA) is 41.6 Å². The lowest BCUT2D eigenvalue weighted by molar-refractivity contribution is -0.113. The van der Waals surface area contributed by atoms with E-state index in [2.05, 4.69) is 65.7 Å². The van der Waals surface area contributed by atoms with E-state index in [1.54, 1.807) is 0 Å². The number of rotatable bonds is 5. The summed E-state index contributed by atoms with van der Waals surface area (Å²) in [7, 11) is 0. The lowest BCUT2D eigenvalue weighted by Crippen LogP contribution is -2.29. The third kappa shape index (κ3) is 5.40. The number of carbonyl (C=O) groups excluding carboxylic acids is 1. The number of benzene rings is 3. The van der Waals surface area contributed by atoms with Gasteiger partial charge in [-0.05, 0) is 79.9 Å². The van der Waals surface area contributed by atoms with Crippen LogP contribution < -0.4 is 10.1 Å². The van der Waals surface area contributed by atoms with Gasteiger partial charge in [0.15, 0.2) is 0 Å². The molecule has 174 valence electrons. The van der Waals surface area contributed by atoms with Gasteiger partial charge in [0.25, 0.3) is 5.91 Å². The van der Waals surface area contributed by atoms with E-state index in [9.17, 15) is 4.79 Å². The van der Waals surface area contributed by atoms with E-state index < -0.39 is 0 Å². The van der Waals surface area contributed by atoms with Crippen LogP contribution >= 0.6 is 0 Å². The maximum Gasteiger partial charge on any atom is 0.251 e. The number of amides is 1. The van der Waals surface area contributed by atoms with Crippen molar-refractivity contribution in [2.75, 3.05) is 25.0 Å². The summed E-state index contributed by atoms with van der Waals surface area (Å²) < 4.78 is 5.94. The molecule has 0 unspecified atom stereocenters. The molecule has 1 amide bonds. The first-order valence-electron chi connectivity index (χ1n) is 12.3. The van der Waals surface area contributed by atoms with Gasteiger partial charge >= 0.3 is 0 Å². The molecule has 1 N–H and O–H groups in total. The van der Waals surface area contributed by atoms with Gasteiger partial charge in [-0.15, -0.1) is 0 Å². The minimum absolute atomic E-state index is 0.0685. The molecular weight excluding hydrogens is 420 g/mol. The number of piperidine rings is 1. The number of fused-ring (bicyclic) bond motifs is 1. The van der Waals surface area contributed by atoms with Gasteiger partial charge in [0.2, 0.25) is 0 Å². The predicted molar refractivity (Wildman–Crippen MR) is 139 cm³/mol. The standard InChI is InChI=1S/C30H32N2O2/c1-22-5-9-24(10-6-22)25-11-14-29-27(19-25)20-26(15-18-34-29)30(33)31-28-12-7-23(8-13-28)21-32-16-3-2-4-17-32/h5-14,19-20H,2-4,15-18,21H2,1H3,(H,31,33). The molecule has 0 aromatic heterocycles. The van der Waals surface area contributed by atoms with E-state index in [0.717, 1.165) is 40.2 Å². The fraction of sp³-hybridized carbons (Fsp3) is 0.300. The van der Waals surface area contributed by atoms with E-state index >= 15 is 0 Å². The molecular formula is C30H32N2O2. The van der Waals surface area contributed by atoms with Gasteiger partial charge in [0.05, 0.1) is 6.61 Å². The van der Waals surface area contributed by atoms with Gasteiger partial charge in [-0.2, -0.15) is 0 Å². The molecule has 5 rings (SSSR count). The number of anilines is 1. The van der Waals surface area contributed by atoms with Crippen molar-refractivity contribution >= 4 is 17.7 Å². The Bertz CT molecular complexity index is 1170. The lowest BCUT2D eigenvalue weighted by atomic mass is 10.00. The van der Waals surface area contributed by atoms with Crippen molar-refractivity contribution in [3.8, 4) is 16.9 Å². The molecule has 4 heteroatoms. The Hall–Kier alpha value is -3.37. The van der Waals surface area contributed by atoms with Crippen molar-refractivity contribution in [3.05, 3.63) is 89.0 Å². The Morgan fingerprint density at radius 3 is 2.41 bits per heavy atom. The summed E-state index contributed by atoms with van der Waals surface area (Å²) in [5.74, 6) is 0.752. The number of nitrogens with one attached hydrogen (secondary N) is 1. The smallest absolute Gasteiger partial charge is 0.251 e. The molecule has 0 radical (unpaired) electrons. The minimum atomic E-state index is -0.0685. The Labute approximate surface area is 202 Å². The molecule has 4 nitrogen and oxygen atoms in total. The van der Waals surface area contributed by atoms with Crippen molar-refractivity contribution < 1.29 is 9.53 Å². The summed E-state index contributed by atoms with van der Waals surface area (Å²) in [5, 5.41) is 3.08. The molecule has 1 fully saturated rings. The van der Waals surface area contributed by atoms with Gasteiger partial charge in [-0.3, -0.25) is 9.69 Å². The summed E-state index contributed by atoms with van der Waals surface area (Å²) in [6.07, 6.45) is 6.48. The highest BCUT2D eigenvalue weighted by Crippen LogP contribution is 2.31. The number of likely N-dealkylation sites (tertiary alicyclic amines) is 1. The SMILES string of the molecule is Cc1ccc(-c2ccc3c(c2)C=C(C(=O)Nc2ccc(CN4CCCCC4)cc2)CCO3)cc1. The normalized spacial score (nSPS) is 16.1. The molecule has 0 saturated carbocycles. The largest absolute Gasteiger partial charge is 0.493 e. The zero-order chi connectivity index (χ0) is 23.3. The Kier molecular flexibility index (Phi) is 6.77. The molecule has 1 saturated heterocycles. The second kappa shape index (κ2) is 10.3. The van der Waals surface area contributed by atoms with Gasteiger partial charge in [0, 0.05) is 29.8 Å². The summed E-state index contributed by atoms with van der Waals surface area (Å²) in [4.78, 5) is 15.6. The van der Waals surface area contributed by atoms with Crippen LogP contribution in [0, 0.1) is 6.92 Å². The highest BCUT2D eigenvalue weighted by molar-refractivity contribution is 6.07. The first kappa shape index (κ1) is 22.4. The molecule has 3 aromatic rings. The van der Waals surface area contributed by atoms with Crippen LogP contribution in [0.2, 0.25) is 0 Å². The molecule has 0 bridgehead atoms. The maximum atomic E-state index is 13.1. The molecule has 2 heterocycles. The maximum absolute atomic E-state index is 13.1. The fourth-order valence-corrected chi connectivity index (χ4v) is 4.71. The Balaban J connectivity index is 1.29. The van der Waals surface area contributed by atoms with Gasteiger partial charge in [0.1, 0.15) is 5.75 Å². The minimum Gasteiger partial charge on any atom is -0.493 e. The Morgan fingerprint density at radius 1 is 0.912 bits per heavy atom. The van der Waals surface area contributed by atoms with Crippen LogP contribution in [0.5, 0.6) is 5.75 Å². The van der Waals surface area contributed by atoms with Crippen molar-refractivity contribution in [3.63, 3.8) is 0 Å². The van der Waals surface area contributed by atoms with Crippen LogP contribution in [0.4, 0.5) is 5.69 Å². The fourth-order valence-electron chi connectivity index (χ4n) is 4.71. The Morgan fingerprint density at radius 2 is 1.65 bits per heavy atom. The van der Waals surface area contributed by atoms with Crippen LogP contribution in [0.25, 0.3) is 17.2 Å². The molecule has 2 aliphatic rings. The zero-order valence-electron chi connectivity index (χ0n) is 19.8. The molecule has 3 aromatic carbocycles. The van der Waals surface area contributed by atoms with E-state index in [0.29, 0.717) is 13.0 Å². The number of carbonyl (C=O) groups is 1. The first-order chi connectivity index (χ1) is 16.6. The third-order valence-electron chi connectivity index (χ3n) is 6.71. The number of ether oxygens (including phenoxy) is 1. The molecule has 0 atom stereocenters. The quantitative estimate of drug-likeness (QED) is 0.483. The van der Waals surface area contributed by atoms with Crippen molar-refractivity contribution in [1.29, 1.82) is 0 Å². The van der Waals surface area contributed by atoms with Crippen molar-refractivity contribution in [2.24, 2.45) is 0 Å². The van der Waals surface area contributed by atoms with Crippen LogP contribution in [0.1, 0.15) is 42.4 Å². The monoisotopic (exact) mass is 452 g/mol. The van der Waals surface area contributed by atoms with E-state index in [4.69, 9.17) is 4.74 Å². The second-order valence-corrected chi connectivity index (χ2v) is 9.37. The average Bonchev–Trinajstić information content (AvgIpc) is 3.08. The first-order valence-corrected chi connectivity index (χ1v) is 12.3. The highest BCUT2D eigenvalue weighted by Gasteiger charge is 2.17.